The maximum Gasteiger partial charge on any atom is 0.0487 e. The van der Waals surface area contributed by atoms with Crippen molar-refractivity contribution in [1.29, 1.82) is 0 Å². The lowest BCUT2D eigenvalue weighted by Gasteiger charge is -2.26. The number of piperazine rings is 1. The number of H-pyrrole nitrogens is 1. The molecule has 0 unspecified atom stereocenters. The van der Waals surface area contributed by atoms with Gasteiger partial charge >= 0.3 is 0 Å². The topological polar surface area (TPSA) is 31.1 Å². The van der Waals surface area contributed by atoms with Gasteiger partial charge in [-0.2, -0.15) is 0 Å². The van der Waals surface area contributed by atoms with Gasteiger partial charge in [-0.15, -0.1) is 0 Å². The lowest BCUT2D eigenvalue weighted by Crippen LogP contribution is -2.42. The predicted octanol–water partition coefficient (Wildman–Crippen LogP) is 1.88. The summed E-state index contributed by atoms with van der Waals surface area (Å²) >= 11 is 0. The van der Waals surface area contributed by atoms with E-state index in [-0.39, 0.29) is 0 Å². The van der Waals surface area contributed by atoms with Gasteiger partial charge in [0.05, 0.1) is 0 Å². The first kappa shape index (κ1) is 10.8. The molecular formula is C14H19N3. The Morgan fingerprint density at radius 2 is 2.06 bits per heavy atom. The number of fused-ring (bicyclic) bond motifs is 1. The molecule has 0 radical (unpaired) electrons. The fraction of sp³-hybridized carbons (Fsp3) is 0.429. The summed E-state index contributed by atoms with van der Waals surface area (Å²) in [5.41, 5.74) is 4.04. The van der Waals surface area contributed by atoms with E-state index < -0.39 is 0 Å². The summed E-state index contributed by atoms with van der Waals surface area (Å²) in [5.74, 6) is 0. The van der Waals surface area contributed by atoms with Crippen LogP contribution in [0.15, 0.2) is 24.4 Å². The summed E-state index contributed by atoms with van der Waals surface area (Å²) in [6, 6.07) is 6.52. The molecule has 0 bridgehead atoms. The van der Waals surface area contributed by atoms with E-state index in [4.69, 9.17) is 0 Å². The van der Waals surface area contributed by atoms with E-state index in [1.165, 1.54) is 22.0 Å². The van der Waals surface area contributed by atoms with Gasteiger partial charge in [0, 0.05) is 49.8 Å². The Labute approximate surface area is 102 Å². The third-order valence-electron chi connectivity index (χ3n) is 3.61. The van der Waals surface area contributed by atoms with Crippen molar-refractivity contribution in [2.45, 2.75) is 13.5 Å². The molecule has 1 saturated heterocycles. The van der Waals surface area contributed by atoms with Crippen LogP contribution in [0, 0.1) is 6.92 Å². The minimum absolute atomic E-state index is 1.06. The molecule has 90 valence electrons. The molecule has 3 nitrogen and oxygen atoms in total. The van der Waals surface area contributed by atoms with Gasteiger partial charge in [0.25, 0.3) is 0 Å². The van der Waals surface area contributed by atoms with Crippen molar-refractivity contribution >= 4 is 10.9 Å². The van der Waals surface area contributed by atoms with Crippen LogP contribution in [0.25, 0.3) is 10.9 Å². The Balaban J connectivity index is 1.87. The standard InChI is InChI=1S/C14H19N3/c1-11-3-2-4-13-12(9-16-14(11)13)10-17-7-5-15-6-8-17/h2-4,9,15-16H,5-8,10H2,1H3. The summed E-state index contributed by atoms with van der Waals surface area (Å²) in [7, 11) is 0. The predicted molar refractivity (Wildman–Crippen MR) is 71.2 cm³/mol. The number of benzene rings is 1. The van der Waals surface area contributed by atoms with E-state index in [0.717, 1.165) is 32.7 Å². The molecule has 0 spiro atoms. The fourth-order valence-electron chi connectivity index (χ4n) is 2.60. The summed E-state index contributed by atoms with van der Waals surface area (Å²) < 4.78 is 0. The third kappa shape index (κ3) is 2.08. The summed E-state index contributed by atoms with van der Waals surface area (Å²) in [6.45, 7) is 7.75. The molecule has 17 heavy (non-hydrogen) atoms. The van der Waals surface area contributed by atoms with Gasteiger partial charge < -0.3 is 10.3 Å². The Morgan fingerprint density at radius 1 is 1.24 bits per heavy atom. The van der Waals surface area contributed by atoms with Crippen molar-refractivity contribution in [1.82, 2.24) is 15.2 Å². The monoisotopic (exact) mass is 229 g/mol. The molecule has 2 heterocycles. The summed E-state index contributed by atoms with van der Waals surface area (Å²) in [4.78, 5) is 5.92. The van der Waals surface area contributed by atoms with Gasteiger partial charge in [0.15, 0.2) is 0 Å². The molecule has 1 aromatic heterocycles. The number of hydrogen-bond donors (Lipinski definition) is 2. The Bertz CT molecular complexity index is 509. The molecule has 0 aliphatic carbocycles. The van der Waals surface area contributed by atoms with Crippen LogP contribution in [0.3, 0.4) is 0 Å². The molecular weight excluding hydrogens is 210 g/mol. The number of aryl methyl sites for hydroxylation is 1. The maximum atomic E-state index is 3.40. The van der Waals surface area contributed by atoms with Gasteiger partial charge in [0.1, 0.15) is 0 Å². The number of hydrogen-bond acceptors (Lipinski definition) is 2. The summed E-state index contributed by atoms with van der Waals surface area (Å²) in [5, 5.41) is 4.77. The van der Waals surface area contributed by atoms with Gasteiger partial charge in [-0.3, -0.25) is 4.90 Å². The molecule has 0 saturated carbocycles. The highest BCUT2D eigenvalue weighted by molar-refractivity contribution is 5.85. The molecule has 3 rings (SSSR count). The SMILES string of the molecule is Cc1cccc2c(CN3CCNCC3)c[nH]c12. The first-order valence-electron chi connectivity index (χ1n) is 6.33. The van der Waals surface area contributed by atoms with Crippen LogP contribution in [0.1, 0.15) is 11.1 Å². The Kier molecular flexibility index (Phi) is 2.87. The van der Waals surface area contributed by atoms with Gasteiger partial charge in [-0.05, 0) is 18.1 Å². The number of para-hydroxylation sites is 1. The van der Waals surface area contributed by atoms with E-state index >= 15 is 0 Å². The second-order valence-corrected chi connectivity index (χ2v) is 4.84. The lowest BCUT2D eigenvalue weighted by atomic mass is 10.1. The molecule has 1 aliphatic rings. The number of rotatable bonds is 2. The van der Waals surface area contributed by atoms with Crippen LogP contribution in [-0.2, 0) is 6.54 Å². The normalized spacial score (nSPS) is 17.7. The fourth-order valence-corrected chi connectivity index (χ4v) is 2.60. The minimum Gasteiger partial charge on any atom is -0.361 e. The van der Waals surface area contributed by atoms with E-state index in [2.05, 4.69) is 46.5 Å². The van der Waals surface area contributed by atoms with E-state index in [1.807, 2.05) is 0 Å². The van der Waals surface area contributed by atoms with Gasteiger partial charge in [-0.25, -0.2) is 0 Å². The van der Waals surface area contributed by atoms with Crippen LogP contribution in [0.4, 0.5) is 0 Å². The average Bonchev–Trinajstić information content (AvgIpc) is 2.76. The lowest BCUT2D eigenvalue weighted by molar-refractivity contribution is 0.234. The highest BCUT2D eigenvalue weighted by atomic mass is 15.2. The highest BCUT2D eigenvalue weighted by Crippen LogP contribution is 2.22. The van der Waals surface area contributed by atoms with Crippen molar-refractivity contribution < 1.29 is 0 Å². The smallest absolute Gasteiger partial charge is 0.0487 e. The quantitative estimate of drug-likeness (QED) is 0.824. The molecule has 0 amide bonds. The first-order chi connectivity index (χ1) is 8.34. The molecule has 1 fully saturated rings. The van der Waals surface area contributed by atoms with Crippen molar-refractivity contribution in [3.63, 3.8) is 0 Å². The Morgan fingerprint density at radius 3 is 2.88 bits per heavy atom. The Hall–Kier alpha value is -1.32. The van der Waals surface area contributed by atoms with Crippen molar-refractivity contribution in [2.24, 2.45) is 0 Å². The zero-order valence-corrected chi connectivity index (χ0v) is 10.3. The van der Waals surface area contributed by atoms with E-state index in [0.29, 0.717) is 0 Å². The van der Waals surface area contributed by atoms with Crippen LogP contribution < -0.4 is 5.32 Å². The largest absolute Gasteiger partial charge is 0.361 e. The minimum atomic E-state index is 1.06. The molecule has 2 N–H and O–H groups in total. The van der Waals surface area contributed by atoms with Crippen molar-refractivity contribution in [3.8, 4) is 0 Å². The van der Waals surface area contributed by atoms with Crippen molar-refractivity contribution in [2.75, 3.05) is 26.2 Å². The molecule has 1 aromatic carbocycles. The molecule has 1 aliphatic heterocycles. The zero-order chi connectivity index (χ0) is 11.7. The second kappa shape index (κ2) is 4.51. The highest BCUT2D eigenvalue weighted by Gasteiger charge is 2.12. The van der Waals surface area contributed by atoms with Crippen LogP contribution in [-0.4, -0.2) is 36.1 Å². The van der Waals surface area contributed by atoms with Gasteiger partial charge in [0.2, 0.25) is 0 Å². The number of nitrogens with one attached hydrogen (secondary N) is 2. The molecule has 2 aromatic rings. The second-order valence-electron chi connectivity index (χ2n) is 4.84. The van der Waals surface area contributed by atoms with Crippen LogP contribution in [0.2, 0.25) is 0 Å². The van der Waals surface area contributed by atoms with Gasteiger partial charge in [-0.1, -0.05) is 18.2 Å². The van der Waals surface area contributed by atoms with Crippen LogP contribution >= 0.6 is 0 Å². The summed E-state index contributed by atoms with van der Waals surface area (Å²) in [6.07, 6.45) is 2.17. The maximum absolute atomic E-state index is 3.40. The van der Waals surface area contributed by atoms with E-state index in [9.17, 15) is 0 Å². The average molecular weight is 229 g/mol. The van der Waals surface area contributed by atoms with Crippen LogP contribution in [0.5, 0.6) is 0 Å². The number of nitrogens with zero attached hydrogens (tertiary/aromatic N) is 1. The number of aromatic nitrogens is 1. The molecule has 0 atom stereocenters. The van der Waals surface area contributed by atoms with Crippen molar-refractivity contribution in [3.05, 3.63) is 35.5 Å². The molecule has 3 heteroatoms. The number of aromatic amines is 1. The first-order valence-corrected chi connectivity index (χ1v) is 6.33. The third-order valence-corrected chi connectivity index (χ3v) is 3.61. The van der Waals surface area contributed by atoms with E-state index in [1.54, 1.807) is 0 Å². The zero-order valence-electron chi connectivity index (χ0n) is 10.3.